The molecule has 1 unspecified atom stereocenters. The van der Waals surface area contributed by atoms with E-state index in [9.17, 15) is 9.36 Å². The molecule has 0 aromatic carbocycles. The van der Waals surface area contributed by atoms with Crippen LogP contribution in [0.3, 0.4) is 0 Å². The highest BCUT2D eigenvalue weighted by molar-refractivity contribution is 7.51. The molecule has 0 spiro atoms. The minimum absolute atomic E-state index is 0. The molecule has 10 nitrogen and oxygen atoms in total. The second-order valence-corrected chi connectivity index (χ2v) is 6.19. The largest absolute Gasteiger partial charge is 0.448 e. The van der Waals surface area contributed by atoms with Crippen LogP contribution in [0.1, 0.15) is 13.3 Å². The van der Waals surface area contributed by atoms with Gasteiger partial charge in [0, 0.05) is 6.07 Å². The van der Waals surface area contributed by atoms with Crippen LogP contribution in [-0.2, 0) is 9.30 Å². The van der Waals surface area contributed by atoms with Gasteiger partial charge in [-0.05, 0) is 12.5 Å². The van der Waals surface area contributed by atoms with Crippen molar-refractivity contribution in [3.63, 3.8) is 0 Å². The van der Waals surface area contributed by atoms with Gasteiger partial charge in [-0.3, -0.25) is 9.46 Å². The van der Waals surface area contributed by atoms with E-state index in [4.69, 9.17) is 24.7 Å². The summed E-state index contributed by atoms with van der Waals surface area (Å²) in [5, 5.41) is 0. The van der Waals surface area contributed by atoms with Crippen LogP contribution in [0.15, 0.2) is 27.8 Å². The summed E-state index contributed by atoms with van der Waals surface area (Å²) >= 11 is 0. The van der Waals surface area contributed by atoms with Crippen LogP contribution in [0, 0.1) is 0 Å². The van der Waals surface area contributed by atoms with Crippen molar-refractivity contribution in [2.24, 2.45) is 10.7 Å². The van der Waals surface area contributed by atoms with Gasteiger partial charge < -0.3 is 30.8 Å². The number of nitrogens with zero attached hydrogens (tertiary/aromatic N) is 2. The number of furan rings is 1. The van der Waals surface area contributed by atoms with Crippen LogP contribution in [0.4, 0.5) is 10.7 Å². The standard InChI is InChI=1S/C11H16N3O6P.H3N/c1-2-11(20-7-21(16,17)18)6-14(8-4-3-5-19-8)10(15)13-9(11)12;/h3-5H,2,6-7H2,1H3,(H2,12,13,15)(H2,16,17,18);1H3. The van der Waals surface area contributed by atoms with Crippen LogP contribution in [0.2, 0.25) is 0 Å². The van der Waals surface area contributed by atoms with E-state index in [-0.39, 0.29) is 30.8 Å². The number of ether oxygens (including phenoxy) is 1. The second kappa shape index (κ2) is 6.59. The topological polar surface area (TPSA) is 174 Å². The summed E-state index contributed by atoms with van der Waals surface area (Å²) in [4.78, 5) is 34.7. The molecule has 0 radical (unpaired) electrons. The first-order chi connectivity index (χ1) is 9.77. The maximum atomic E-state index is 11.9. The summed E-state index contributed by atoms with van der Waals surface area (Å²) in [7, 11) is -4.37. The Bertz CT molecular complexity index is 598. The number of nitrogens with two attached hydrogens (primary N) is 1. The summed E-state index contributed by atoms with van der Waals surface area (Å²) in [6.07, 6.45) is 0.873. The Morgan fingerprint density at radius 3 is 2.77 bits per heavy atom. The SMILES string of the molecule is CCC1(OCP(=O)(O)O)CN(c2ccco2)C(=O)N=C1N.N. The Balaban J connectivity index is 0.00000242. The van der Waals surface area contributed by atoms with E-state index in [1.54, 1.807) is 19.1 Å². The number of aliphatic imine (C=N–C) groups is 1. The van der Waals surface area contributed by atoms with Gasteiger partial charge in [0.25, 0.3) is 0 Å². The third kappa shape index (κ3) is 3.73. The molecule has 2 rings (SSSR count). The Kier molecular flexibility index (Phi) is 5.49. The van der Waals surface area contributed by atoms with E-state index in [1.165, 1.54) is 11.2 Å². The smallest absolute Gasteiger partial charge is 0.352 e. The minimum atomic E-state index is -4.37. The van der Waals surface area contributed by atoms with Crippen LogP contribution in [0.5, 0.6) is 0 Å². The molecule has 1 aromatic rings. The molecule has 0 fully saturated rings. The highest BCUT2D eigenvalue weighted by Gasteiger charge is 2.44. The monoisotopic (exact) mass is 334 g/mol. The first-order valence-electron chi connectivity index (χ1n) is 6.15. The molecular weight excluding hydrogens is 315 g/mol. The predicted molar refractivity (Wildman–Crippen MR) is 79.1 cm³/mol. The number of rotatable bonds is 5. The fourth-order valence-electron chi connectivity index (χ4n) is 1.99. The average Bonchev–Trinajstić information content (AvgIpc) is 2.91. The maximum absolute atomic E-state index is 11.9. The summed E-state index contributed by atoms with van der Waals surface area (Å²) < 4.78 is 21.5. The normalized spacial score (nSPS) is 22.2. The molecule has 0 bridgehead atoms. The van der Waals surface area contributed by atoms with Gasteiger partial charge >= 0.3 is 13.6 Å². The van der Waals surface area contributed by atoms with E-state index in [0.29, 0.717) is 0 Å². The van der Waals surface area contributed by atoms with Gasteiger partial charge in [0.1, 0.15) is 17.8 Å². The quantitative estimate of drug-likeness (QED) is 0.578. The second-order valence-electron chi connectivity index (χ2n) is 4.60. The lowest BCUT2D eigenvalue weighted by atomic mass is 9.97. The lowest BCUT2D eigenvalue weighted by molar-refractivity contribution is 0.0275. The summed E-state index contributed by atoms with van der Waals surface area (Å²) in [6, 6.07) is 2.55. The molecule has 0 saturated carbocycles. The van der Waals surface area contributed by atoms with Gasteiger partial charge in [-0.1, -0.05) is 6.92 Å². The number of urea groups is 1. The zero-order valence-electron chi connectivity index (χ0n) is 12.0. The van der Waals surface area contributed by atoms with Gasteiger partial charge in [0.2, 0.25) is 5.88 Å². The van der Waals surface area contributed by atoms with E-state index >= 15 is 0 Å². The highest BCUT2D eigenvalue weighted by atomic mass is 31.2. The molecule has 11 heteroatoms. The van der Waals surface area contributed by atoms with Crippen molar-refractivity contribution in [3.05, 3.63) is 18.4 Å². The first kappa shape index (κ1) is 18.3. The number of anilines is 1. The van der Waals surface area contributed by atoms with Crippen LogP contribution >= 0.6 is 7.60 Å². The van der Waals surface area contributed by atoms with Crippen LogP contribution in [-0.4, -0.2) is 40.1 Å². The Hall–Kier alpha value is -1.71. The van der Waals surface area contributed by atoms with Crippen LogP contribution < -0.4 is 16.8 Å². The Labute approximate surface area is 126 Å². The summed E-state index contributed by atoms with van der Waals surface area (Å²) in [6.45, 7) is 1.68. The predicted octanol–water partition coefficient (Wildman–Crippen LogP) is 1.04. The van der Waals surface area contributed by atoms with E-state index in [2.05, 4.69) is 4.99 Å². The zero-order chi connectivity index (χ0) is 15.7. The average molecular weight is 334 g/mol. The molecule has 0 saturated heterocycles. The van der Waals surface area contributed by atoms with Crippen molar-refractivity contribution in [3.8, 4) is 0 Å². The molecule has 124 valence electrons. The molecule has 1 aliphatic heterocycles. The van der Waals surface area contributed by atoms with Crippen molar-refractivity contribution in [1.82, 2.24) is 6.15 Å². The molecule has 1 atom stereocenters. The molecule has 1 aromatic heterocycles. The van der Waals surface area contributed by atoms with Gasteiger partial charge in [0.15, 0.2) is 0 Å². The molecule has 1 aliphatic rings. The van der Waals surface area contributed by atoms with Crippen molar-refractivity contribution in [2.45, 2.75) is 18.9 Å². The highest BCUT2D eigenvalue weighted by Crippen LogP contribution is 2.37. The molecule has 2 heterocycles. The van der Waals surface area contributed by atoms with Gasteiger partial charge in [-0.2, -0.15) is 4.99 Å². The maximum Gasteiger partial charge on any atom is 0.352 e. The number of carbonyl (C=O) groups is 1. The van der Waals surface area contributed by atoms with Crippen molar-refractivity contribution in [1.29, 1.82) is 0 Å². The Morgan fingerprint density at radius 2 is 2.27 bits per heavy atom. The Morgan fingerprint density at radius 1 is 1.59 bits per heavy atom. The number of amidine groups is 1. The van der Waals surface area contributed by atoms with E-state index < -0.39 is 25.6 Å². The number of carbonyl (C=O) groups excluding carboxylic acids is 1. The van der Waals surface area contributed by atoms with Gasteiger partial charge in [0.05, 0.1) is 12.8 Å². The molecule has 22 heavy (non-hydrogen) atoms. The molecule has 0 aliphatic carbocycles. The third-order valence-electron chi connectivity index (χ3n) is 3.18. The van der Waals surface area contributed by atoms with E-state index in [0.717, 1.165) is 0 Å². The fraction of sp³-hybridized carbons (Fsp3) is 0.455. The molecular formula is C11H19N4O6P. The van der Waals surface area contributed by atoms with Crippen LogP contribution in [0.25, 0.3) is 0 Å². The van der Waals surface area contributed by atoms with Crippen molar-refractivity contribution >= 4 is 25.3 Å². The lowest BCUT2D eigenvalue weighted by Gasteiger charge is -2.38. The van der Waals surface area contributed by atoms with Crippen molar-refractivity contribution < 1.29 is 28.3 Å². The number of amides is 2. The molecule has 7 N–H and O–H groups in total. The van der Waals surface area contributed by atoms with E-state index in [1.807, 2.05) is 0 Å². The van der Waals surface area contributed by atoms with Gasteiger partial charge in [-0.25, -0.2) is 4.79 Å². The summed E-state index contributed by atoms with van der Waals surface area (Å²) in [5.74, 6) is 0.153. The lowest BCUT2D eigenvalue weighted by Crippen LogP contribution is -2.59. The first-order valence-corrected chi connectivity index (χ1v) is 7.95. The molecule has 2 amide bonds. The number of hydrogen-bond acceptors (Lipinski definition) is 6. The van der Waals surface area contributed by atoms with Crippen molar-refractivity contribution in [2.75, 3.05) is 17.8 Å². The third-order valence-corrected chi connectivity index (χ3v) is 3.65. The van der Waals surface area contributed by atoms with Gasteiger partial charge in [-0.15, -0.1) is 0 Å². The zero-order valence-corrected chi connectivity index (χ0v) is 12.9. The summed E-state index contributed by atoms with van der Waals surface area (Å²) in [5.41, 5.74) is 4.49. The minimum Gasteiger partial charge on any atom is -0.448 e. The fourth-order valence-corrected chi connectivity index (χ4v) is 2.40. The number of hydrogen-bond donors (Lipinski definition) is 4.